The van der Waals surface area contributed by atoms with E-state index in [0.29, 0.717) is 22.9 Å². The molecule has 2 aromatic heterocycles. The number of nitrogens with zero attached hydrogens (tertiary/aromatic N) is 4. The first-order chi connectivity index (χ1) is 14.1. The zero-order valence-corrected chi connectivity index (χ0v) is 16.9. The summed E-state index contributed by atoms with van der Waals surface area (Å²) in [5.41, 5.74) is 3.21. The molecular formula is C22H25N5O2. The Morgan fingerprint density at radius 1 is 1.21 bits per heavy atom. The first-order valence-corrected chi connectivity index (χ1v) is 10.0. The summed E-state index contributed by atoms with van der Waals surface area (Å²) in [6.45, 7) is 4.57. The molecule has 0 saturated carbocycles. The molecule has 1 amide bonds. The van der Waals surface area contributed by atoms with E-state index in [-0.39, 0.29) is 11.9 Å². The predicted octanol–water partition coefficient (Wildman–Crippen LogP) is 2.32. The Kier molecular flexibility index (Phi) is 4.28. The molecule has 0 spiro atoms. The molecule has 1 N–H and O–H groups in total. The van der Waals surface area contributed by atoms with Gasteiger partial charge in [0.2, 0.25) is 0 Å². The number of amides is 1. The van der Waals surface area contributed by atoms with E-state index in [4.69, 9.17) is 4.74 Å². The van der Waals surface area contributed by atoms with Gasteiger partial charge in [0.25, 0.3) is 5.91 Å². The average Bonchev–Trinajstić information content (AvgIpc) is 3.41. The molecule has 2 saturated heterocycles. The van der Waals surface area contributed by atoms with Crippen molar-refractivity contribution in [3.8, 4) is 5.75 Å². The number of benzene rings is 1. The van der Waals surface area contributed by atoms with E-state index in [1.807, 2.05) is 35.6 Å². The Balaban J connectivity index is 1.56. The van der Waals surface area contributed by atoms with Gasteiger partial charge in [0.15, 0.2) is 5.65 Å². The van der Waals surface area contributed by atoms with Crippen LogP contribution in [0.3, 0.4) is 0 Å². The van der Waals surface area contributed by atoms with Crippen LogP contribution in [0.1, 0.15) is 27.8 Å². The lowest BCUT2D eigenvalue weighted by Crippen LogP contribution is -2.34. The van der Waals surface area contributed by atoms with Crippen molar-refractivity contribution in [1.29, 1.82) is 0 Å². The van der Waals surface area contributed by atoms with Gasteiger partial charge in [-0.3, -0.25) is 4.79 Å². The number of hydrogen-bond acceptors (Lipinski definition) is 5. The number of carbonyl (C=O) groups excluding carboxylic acids is 1. The zero-order valence-electron chi connectivity index (χ0n) is 16.9. The quantitative estimate of drug-likeness (QED) is 0.742. The van der Waals surface area contributed by atoms with Crippen LogP contribution in [0.4, 0.5) is 0 Å². The third-order valence-electron chi connectivity index (χ3n) is 6.49. The van der Waals surface area contributed by atoms with Crippen molar-refractivity contribution in [3.05, 3.63) is 53.5 Å². The van der Waals surface area contributed by atoms with E-state index in [1.165, 1.54) is 0 Å². The second-order valence-electron chi connectivity index (χ2n) is 8.01. The van der Waals surface area contributed by atoms with Crippen molar-refractivity contribution in [2.75, 3.05) is 26.7 Å². The Bertz CT molecular complexity index is 1070. The second kappa shape index (κ2) is 6.84. The molecule has 5 rings (SSSR count). The number of carbonyl (C=O) groups is 1. The Labute approximate surface area is 169 Å². The van der Waals surface area contributed by atoms with Crippen LogP contribution in [0.5, 0.6) is 5.75 Å². The third-order valence-corrected chi connectivity index (χ3v) is 6.49. The number of methoxy groups -OCH3 is 1. The summed E-state index contributed by atoms with van der Waals surface area (Å²) in [6.07, 6.45) is 1.71. The minimum atomic E-state index is 0.0331. The van der Waals surface area contributed by atoms with Gasteiger partial charge in [-0.15, -0.1) is 0 Å². The summed E-state index contributed by atoms with van der Waals surface area (Å²) in [6, 6.07) is 9.95. The van der Waals surface area contributed by atoms with Crippen LogP contribution in [-0.4, -0.2) is 52.1 Å². The molecule has 3 aromatic rings. The maximum atomic E-state index is 13.7. The molecule has 4 heterocycles. The van der Waals surface area contributed by atoms with Gasteiger partial charge in [0, 0.05) is 38.8 Å². The van der Waals surface area contributed by atoms with Gasteiger partial charge in [-0.1, -0.05) is 12.1 Å². The molecule has 2 fully saturated rings. The van der Waals surface area contributed by atoms with E-state index >= 15 is 0 Å². The highest BCUT2D eigenvalue weighted by Crippen LogP contribution is 2.43. The van der Waals surface area contributed by atoms with E-state index in [2.05, 4.69) is 27.4 Å². The molecule has 0 unspecified atom stereocenters. The maximum absolute atomic E-state index is 13.7. The number of aromatic nitrogens is 3. The lowest BCUT2D eigenvalue weighted by atomic mass is 9.89. The first kappa shape index (κ1) is 18.1. The van der Waals surface area contributed by atoms with Crippen molar-refractivity contribution in [2.45, 2.75) is 13.0 Å². The molecule has 7 heteroatoms. The van der Waals surface area contributed by atoms with Crippen LogP contribution >= 0.6 is 0 Å². The van der Waals surface area contributed by atoms with Crippen molar-refractivity contribution in [1.82, 2.24) is 24.8 Å². The maximum Gasteiger partial charge on any atom is 0.256 e. The molecule has 0 radical (unpaired) electrons. The fourth-order valence-corrected chi connectivity index (χ4v) is 4.87. The molecule has 0 bridgehead atoms. The SMILES string of the molecule is COc1ccc([C@H]2[C@H]3CNC[C@H]3CN2C(=O)c2ccnc3c2nc(C)n3C)cc1. The summed E-state index contributed by atoms with van der Waals surface area (Å²) >= 11 is 0. The summed E-state index contributed by atoms with van der Waals surface area (Å²) in [5.74, 6) is 2.59. The number of rotatable bonds is 3. The highest BCUT2D eigenvalue weighted by Gasteiger charge is 2.47. The molecule has 2 aliphatic rings. The van der Waals surface area contributed by atoms with Crippen molar-refractivity contribution < 1.29 is 9.53 Å². The van der Waals surface area contributed by atoms with E-state index in [0.717, 1.165) is 42.4 Å². The van der Waals surface area contributed by atoms with Crippen LogP contribution in [0.2, 0.25) is 0 Å². The number of pyridine rings is 1. The van der Waals surface area contributed by atoms with Gasteiger partial charge in [-0.2, -0.15) is 0 Å². The summed E-state index contributed by atoms with van der Waals surface area (Å²) in [4.78, 5) is 24.8. The minimum Gasteiger partial charge on any atom is -0.497 e. The van der Waals surface area contributed by atoms with E-state index in [9.17, 15) is 4.79 Å². The van der Waals surface area contributed by atoms with Crippen LogP contribution < -0.4 is 10.1 Å². The first-order valence-electron chi connectivity index (χ1n) is 10.0. The molecule has 7 nitrogen and oxygen atoms in total. The molecule has 0 aliphatic carbocycles. The fourth-order valence-electron chi connectivity index (χ4n) is 4.87. The Hall–Kier alpha value is -2.93. The molecule has 2 aliphatic heterocycles. The zero-order chi connectivity index (χ0) is 20.1. The van der Waals surface area contributed by atoms with Gasteiger partial charge in [0.1, 0.15) is 17.1 Å². The van der Waals surface area contributed by atoms with E-state index < -0.39 is 0 Å². The number of aryl methyl sites for hydroxylation is 2. The minimum absolute atomic E-state index is 0.0331. The highest BCUT2D eigenvalue weighted by molar-refractivity contribution is 6.04. The largest absolute Gasteiger partial charge is 0.497 e. The van der Waals surface area contributed by atoms with Gasteiger partial charge >= 0.3 is 0 Å². The van der Waals surface area contributed by atoms with Crippen LogP contribution in [-0.2, 0) is 7.05 Å². The number of hydrogen-bond donors (Lipinski definition) is 1. The number of imidazole rings is 1. The molecule has 29 heavy (non-hydrogen) atoms. The predicted molar refractivity (Wildman–Crippen MR) is 110 cm³/mol. The normalized spacial score (nSPS) is 23.6. The van der Waals surface area contributed by atoms with Crippen molar-refractivity contribution in [3.63, 3.8) is 0 Å². The third kappa shape index (κ3) is 2.80. The summed E-state index contributed by atoms with van der Waals surface area (Å²) in [7, 11) is 3.60. The topological polar surface area (TPSA) is 72.3 Å². The van der Waals surface area contributed by atoms with Crippen molar-refractivity contribution in [2.24, 2.45) is 18.9 Å². The molecule has 1 aromatic carbocycles. The van der Waals surface area contributed by atoms with Crippen molar-refractivity contribution >= 4 is 17.1 Å². The fraction of sp³-hybridized carbons (Fsp3) is 0.409. The molecule has 3 atom stereocenters. The number of likely N-dealkylation sites (tertiary alicyclic amines) is 1. The van der Waals surface area contributed by atoms with Gasteiger partial charge < -0.3 is 19.5 Å². The van der Waals surface area contributed by atoms with Gasteiger partial charge in [-0.05, 0) is 36.6 Å². The summed E-state index contributed by atoms with van der Waals surface area (Å²) in [5, 5.41) is 3.50. The lowest BCUT2D eigenvalue weighted by Gasteiger charge is -2.28. The highest BCUT2D eigenvalue weighted by atomic mass is 16.5. The van der Waals surface area contributed by atoms with E-state index in [1.54, 1.807) is 19.4 Å². The van der Waals surface area contributed by atoms with Gasteiger partial charge in [-0.25, -0.2) is 9.97 Å². The lowest BCUT2D eigenvalue weighted by molar-refractivity contribution is 0.0716. The monoisotopic (exact) mass is 391 g/mol. The molecule has 150 valence electrons. The standard InChI is InChI=1S/C22H25N5O2/c1-13-25-19-17(8-9-24-21(19)26(13)2)22(28)27-12-15-10-23-11-18(15)20(27)14-4-6-16(29-3)7-5-14/h4-9,15,18,20,23H,10-12H2,1-3H3/t15-,18-,20-/m0/s1. The summed E-state index contributed by atoms with van der Waals surface area (Å²) < 4.78 is 7.24. The number of fused-ring (bicyclic) bond motifs is 2. The van der Waals surface area contributed by atoms with Gasteiger partial charge in [0.05, 0.1) is 18.7 Å². The molecular weight excluding hydrogens is 366 g/mol. The average molecular weight is 391 g/mol. The number of ether oxygens (including phenoxy) is 1. The van der Waals surface area contributed by atoms with Crippen LogP contribution in [0.25, 0.3) is 11.2 Å². The van der Waals surface area contributed by atoms with Crippen LogP contribution in [0, 0.1) is 18.8 Å². The van der Waals surface area contributed by atoms with Crippen LogP contribution in [0.15, 0.2) is 36.5 Å². The number of nitrogens with one attached hydrogen (secondary N) is 1. The smallest absolute Gasteiger partial charge is 0.256 e. The Morgan fingerprint density at radius 3 is 2.76 bits per heavy atom. The second-order valence-corrected chi connectivity index (χ2v) is 8.01. The Morgan fingerprint density at radius 2 is 2.00 bits per heavy atom.